The molecule has 5 aliphatic rings. The third-order valence-corrected chi connectivity index (χ3v) is 13.9. The molecule has 1 atom stereocenters. The minimum atomic E-state index is -1.42. The predicted octanol–water partition coefficient (Wildman–Crippen LogP) is 4.95. The van der Waals surface area contributed by atoms with Crippen LogP contribution in [0.2, 0.25) is 5.02 Å². The van der Waals surface area contributed by atoms with E-state index < -0.39 is 57.7 Å². The van der Waals surface area contributed by atoms with Gasteiger partial charge in [-0.15, -0.1) is 0 Å². The number of piperidine rings is 2. The third-order valence-electron chi connectivity index (χ3n) is 13.6. The van der Waals surface area contributed by atoms with Gasteiger partial charge >= 0.3 is 0 Å². The number of nitrogens with one attached hydrogen (secondary N) is 2. The Balaban J connectivity index is 0.838. The zero-order chi connectivity index (χ0) is 45.3. The quantitative estimate of drug-likeness (QED) is 0.277. The molecule has 0 bridgehead atoms. The number of nitriles is 1. The van der Waals surface area contributed by atoms with E-state index in [2.05, 4.69) is 54.2 Å². The fourth-order valence-electron chi connectivity index (χ4n) is 10.6. The van der Waals surface area contributed by atoms with E-state index in [0.29, 0.717) is 76.2 Å². The number of piperazine rings is 1. The molecule has 4 aliphatic heterocycles. The molecule has 5 heterocycles. The first-order valence-electron chi connectivity index (χ1n) is 21.3. The Hall–Kier alpha value is -5.73. The van der Waals surface area contributed by atoms with E-state index in [0.717, 1.165) is 32.5 Å². The van der Waals surface area contributed by atoms with Crippen LogP contribution in [0.15, 0.2) is 24.3 Å². The predicted molar refractivity (Wildman–Crippen MR) is 228 cm³/mol. The lowest BCUT2D eigenvalue weighted by Crippen LogP contribution is -2.74. The van der Waals surface area contributed by atoms with Gasteiger partial charge in [0, 0.05) is 75.2 Å². The zero-order valence-electron chi connectivity index (χ0n) is 36.1. The number of ether oxygens (including phenoxy) is 1. The first kappa shape index (κ1) is 43.9. The van der Waals surface area contributed by atoms with E-state index in [9.17, 15) is 29.2 Å². The van der Waals surface area contributed by atoms with Crippen molar-refractivity contribution in [2.75, 3.05) is 55.6 Å². The van der Waals surface area contributed by atoms with E-state index in [-0.39, 0.29) is 42.1 Å². The van der Waals surface area contributed by atoms with E-state index in [1.165, 1.54) is 6.07 Å². The summed E-state index contributed by atoms with van der Waals surface area (Å²) in [7, 11) is 0. The van der Waals surface area contributed by atoms with E-state index in [1.54, 1.807) is 23.1 Å². The van der Waals surface area contributed by atoms with Gasteiger partial charge < -0.3 is 19.9 Å². The van der Waals surface area contributed by atoms with E-state index in [1.807, 2.05) is 13.8 Å². The molecule has 63 heavy (non-hydrogen) atoms. The van der Waals surface area contributed by atoms with Crippen molar-refractivity contribution in [3.8, 4) is 11.8 Å². The molecule has 4 fully saturated rings. The van der Waals surface area contributed by atoms with E-state index in [4.69, 9.17) is 26.3 Å². The number of nitrogens with zero attached hydrogens (tertiary/aromatic N) is 7. The number of aromatic nitrogens is 2. The molecule has 15 nitrogen and oxygen atoms in total. The molecular weight excluding hydrogens is 836 g/mol. The van der Waals surface area contributed by atoms with Gasteiger partial charge in [-0.3, -0.25) is 39.1 Å². The van der Waals surface area contributed by atoms with Gasteiger partial charge in [-0.1, -0.05) is 39.3 Å². The van der Waals surface area contributed by atoms with Crippen LogP contribution in [0.5, 0.6) is 5.75 Å². The minimum absolute atomic E-state index is 0.0858. The summed E-state index contributed by atoms with van der Waals surface area (Å²) in [6.45, 7) is 16.0. The maximum atomic E-state index is 15.5. The number of aryl methyl sites for hydroxylation is 2. The molecular formula is C45H50ClF2N9O6. The van der Waals surface area contributed by atoms with Crippen LogP contribution >= 0.6 is 11.6 Å². The number of hydrogen-bond acceptors (Lipinski definition) is 12. The summed E-state index contributed by atoms with van der Waals surface area (Å²) < 4.78 is 37.4. The van der Waals surface area contributed by atoms with Gasteiger partial charge in [0.25, 0.3) is 17.7 Å². The van der Waals surface area contributed by atoms with Crippen molar-refractivity contribution < 1.29 is 37.5 Å². The number of imide groups is 2. The van der Waals surface area contributed by atoms with Gasteiger partial charge in [0.2, 0.25) is 17.8 Å². The Bertz CT molecular complexity index is 2440. The standard InChI is InChI=1S/C45H50ClF2N9O6/c1-23-33(38(60)53-41-44(3,4)42(45(41,5)6)63-27-8-7-26(21-49)29(46)19-27)24(2)51-43(50-23)56-13-11-25(12-14-56)22-54-15-17-55(18-16-54)31-20-28-34(36(48)35(31)47)40(62)57(39(28)61)30-9-10-32(58)52-37(30)59/h7-8,19-20,25,30,41-42H,9-18,22H2,1-6H3,(H,53,60)(H,52,58,59)/t30?,41-,42-. The fraction of sp³-hybridized carbons (Fsp3) is 0.511. The maximum absolute atomic E-state index is 15.5. The van der Waals surface area contributed by atoms with Crippen LogP contribution in [0, 0.1) is 53.6 Å². The summed E-state index contributed by atoms with van der Waals surface area (Å²) in [4.78, 5) is 80.7. The fourth-order valence-corrected chi connectivity index (χ4v) is 10.8. The molecule has 0 radical (unpaired) electrons. The number of anilines is 2. The molecule has 332 valence electrons. The molecule has 1 aliphatic carbocycles. The lowest BCUT2D eigenvalue weighted by atomic mass is 9.49. The molecule has 18 heteroatoms. The van der Waals surface area contributed by atoms with Gasteiger partial charge in [0.15, 0.2) is 11.6 Å². The smallest absolute Gasteiger partial charge is 0.265 e. The van der Waals surface area contributed by atoms with Crippen molar-refractivity contribution in [1.82, 2.24) is 30.4 Å². The van der Waals surface area contributed by atoms with E-state index >= 15 is 8.78 Å². The van der Waals surface area contributed by atoms with Crippen molar-refractivity contribution in [2.45, 2.75) is 85.4 Å². The topological polar surface area (TPSA) is 181 Å². The molecule has 8 rings (SSSR count). The molecule has 3 saturated heterocycles. The van der Waals surface area contributed by atoms with Gasteiger partial charge in [0.05, 0.1) is 44.4 Å². The van der Waals surface area contributed by atoms with Crippen LogP contribution in [0.4, 0.5) is 20.4 Å². The first-order valence-corrected chi connectivity index (χ1v) is 21.7. The van der Waals surface area contributed by atoms with Crippen molar-refractivity contribution in [3.05, 3.63) is 74.6 Å². The van der Waals surface area contributed by atoms with Crippen LogP contribution in [-0.4, -0.2) is 113 Å². The molecule has 3 aromatic rings. The highest BCUT2D eigenvalue weighted by Gasteiger charge is 2.64. The van der Waals surface area contributed by atoms with Gasteiger partial charge in [0.1, 0.15) is 24.0 Å². The summed E-state index contributed by atoms with van der Waals surface area (Å²) in [5.41, 5.74) is 0.0226. The number of carbonyl (C=O) groups is 5. The first-order chi connectivity index (χ1) is 29.8. The molecule has 2 N–H and O–H groups in total. The lowest BCUT2D eigenvalue weighted by Gasteiger charge is -2.63. The SMILES string of the molecule is Cc1nc(N2CCC(CN3CCN(c4cc5c(c(F)c4F)C(=O)N(C4CCC(=O)NC4=O)C5=O)CC3)CC2)nc(C)c1C(=O)N[C@H]1C(C)(C)[C@H](Oc2ccc(C#N)c(Cl)c2)C1(C)C. The third kappa shape index (κ3) is 7.75. The molecule has 0 spiro atoms. The summed E-state index contributed by atoms with van der Waals surface area (Å²) in [6, 6.07) is 6.76. The Morgan fingerprint density at radius 1 is 0.921 bits per heavy atom. The van der Waals surface area contributed by atoms with Gasteiger partial charge in [-0.2, -0.15) is 5.26 Å². The number of amides is 5. The Morgan fingerprint density at radius 3 is 2.17 bits per heavy atom. The maximum Gasteiger partial charge on any atom is 0.265 e. The molecule has 1 aromatic heterocycles. The minimum Gasteiger partial charge on any atom is -0.489 e. The van der Waals surface area contributed by atoms with Gasteiger partial charge in [-0.05, 0) is 57.2 Å². The van der Waals surface area contributed by atoms with Crippen molar-refractivity contribution in [1.29, 1.82) is 5.26 Å². The normalized spacial score (nSPS) is 23.6. The van der Waals surface area contributed by atoms with Crippen LogP contribution in [0.3, 0.4) is 0 Å². The van der Waals surface area contributed by atoms with Crippen LogP contribution in [0.25, 0.3) is 0 Å². The summed E-state index contributed by atoms with van der Waals surface area (Å²) in [5.74, 6) is -4.71. The average molecular weight is 886 g/mol. The number of halogens is 3. The summed E-state index contributed by atoms with van der Waals surface area (Å²) in [5, 5.41) is 14.9. The highest BCUT2D eigenvalue weighted by molar-refractivity contribution is 6.31. The highest BCUT2D eigenvalue weighted by Crippen LogP contribution is 2.55. The molecule has 5 amide bonds. The molecule has 2 aromatic carbocycles. The molecule has 1 unspecified atom stereocenters. The summed E-state index contributed by atoms with van der Waals surface area (Å²) in [6.07, 6.45) is 1.35. The van der Waals surface area contributed by atoms with Crippen molar-refractivity contribution in [2.24, 2.45) is 16.7 Å². The second-order valence-corrected chi connectivity index (χ2v) is 18.9. The highest BCUT2D eigenvalue weighted by atomic mass is 35.5. The monoisotopic (exact) mass is 885 g/mol. The zero-order valence-corrected chi connectivity index (χ0v) is 36.9. The number of hydrogen-bond donors (Lipinski definition) is 2. The Morgan fingerprint density at radius 2 is 1.57 bits per heavy atom. The van der Waals surface area contributed by atoms with Gasteiger partial charge in [-0.25, -0.2) is 18.7 Å². The molecule has 1 saturated carbocycles. The number of rotatable bonds is 9. The summed E-state index contributed by atoms with van der Waals surface area (Å²) >= 11 is 6.26. The Labute approximate surface area is 369 Å². The number of carbonyl (C=O) groups excluding carboxylic acids is 5. The average Bonchev–Trinajstić information content (AvgIpc) is 3.48. The van der Waals surface area contributed by atoms with Crippen LogP contribution in [0.1, 0.15) is 101 Å². The number of fused-ring (bicyclic) bond motifs is 1. The second kappa shape index (κ2) is 16.4. The van der Waals surface area contributed by atoms with Crippen molar-refractivity contribution in [3.63, 3.8) is 0 Å². The van der Waals surface area contributed by atoms with Crippen LogP contribution in [-0.2, 0) is 9.59 Å². The van der Waals surface area contributed by atoms with Crippen molar-refractivity contribution >= 4 is 52.8 Å². The largest absolute Gasteiger partial charge is 0.489 e. The lowest BCUT2D eigenvalue weighted by molar-refractivity contribution is -0.164. The second-order valence-electron chi connectivity index (χ2n) is 18.5. The number of benzene rings is 2. The van der Waals surface area contributed by atoms with Crippen LogP contribution < -0.4 is 25.2 Å². The Kier molecular flexibility index (Phi) is 11.5.